The number of phenolic OH excluding ortho intramolecular Hbond substituents is 1. The molecule has 1 rings (SSSR count). The molecule has 0 aromatic heterocycles. The van der Waals surface area contributed by atoms with Crippen molar-refractivity contribution in [2.24, 2.45) is 5.92 Å². The predicted molar refractivity (Wildman–Crippen MR) is 83.6 cm³/mol. The van der Waals surface area contributed by atoms with Crippen molar-refractivity contribution in [2.45, 2.75) is 71.6 Å². The molecule has 1 aromatic rings. The van der Waals surface area contributed by atoms with Crippen molar-refractivity contribution >= 4 is 0 Å². The molecular formula is C18H30O. The number of rotatable bonds is 10. The van der Waals surface area contributed by atoms with Gasteiger partial charge in [-0.2, -0.15) is 0 Å². The van der Waals surface area contributed by atoms with E-state index >= 15 is 0 Å². The first-order valence-electron chi connectivity index (χ1n) is 8.04. The molecular weight excluding hydrogens is 232 g/mol. The summed E-state index contributed by atoms with van der Waals surface area (Å²) >= 11 is 0. The highest BCUT2D eigenvalue weighted by Gasteiger charge is 2.11. The molecule has 1 N–H and O–H groups in total. The minimum Gasteiger partial charge on any atom is -0.508 e. The lowest BCUT2D eigenvalue weighted by atomic mass is 9.89. The molecule has 0 fully saturated rings. The van der Waals surface area contributed by atoms with E-state index in [1.165, 1.54) is 51.4 Å². The first kappa shape index (κ1) is 16.1. The van der Waals surface area contributed by atoms with Gasteiger partial charge in [-0.15, -0.1) is 0 Å². The molecule has 0 aliphatic rings. The van der Waals surface area contributed by atoms with Crippen molar-refractivity contribution in [1.29, 1.82) is 0 Å². The van der Waals surface area contributed by atoms with Crippen LogP contribution in [0.2, 0.25) is 0 Å². The van der Waals surface area contributed by atoms with Gasteiger partial charge in [0.25, 0.3) is 0 Å². The molecule has 1 aromatic carbocycles. The topological polar surface area (TPSA) is 20.2 Å². The van der Waals surface area contributed by atoms with Gasteiger partial charge in [0.05, 0.1) is 0 Å². The van der Waals surface area contributed by atoms with E-state index in [0.717, 1.165) is 17.9 Å². The summed E-state index contributed by atoms with van der Waals surface area (Å²) in [4.78, 5) is 0. The normalized spacial score (nSPS) is 12.5. The number of para-hydroxylation sites is 1. The first-order chi connectivity index (χ1) is 9.27. The van der Waals surface area contributed by atoms with Crippen LogP contribution in [0.1, 0.15) is 70.8 Å². The summed E-state index contributed by atoms with van der Waals surface area (Å²) < 4.78 is 0. The van der Waals surface area contributed by atoms with E-state index in [1.807, 2.05) is 18.2 Å². The maximum absolute atomic E-state index is 9.89. The van der Waals surface area contributed by atoms with Gasteiger partial charge in [-0.3, -0.25) is 0 Å². The van der Waals surface area contributed by atoms with E-state index in [1.54, 1.807) is 0 Å². The van der Waals surface area contributed by atoms with Gasteiger partial charge in [0.15, 0.2) is 0 Å². The summed E-state index contributed by atoms with van der Waals surface area (Å²) in [5, 5.41) is 9.89. The highest BCUT2D eigenvalue weighted by molar-refractivity contribution is 5.32. The molecule has 1 atom stereocenters. The molecule has 108 valence electrons. The summed E-state index contributed by atoms with van der Waals surface area (Å²) in [6.07, 6.45) is 11.6. The quantitative estimate of drug-likeness (QED) is 0.535. The van der Waals surface area contributed by atoms with Crippen molar-refractivity contribution in [2.75, 3.05) is 0 Å². The van der Waals surface area contributed by atoms with Crippen LogP contribution in [0.5, 0.6) is 5.75 Å². The van der Waals surface area contributed by atoms with Crippen LogP contribution in [0.3, 0.4) is 0 Å². The second kappa shape index (κ2) is 9.89. The number of aromatic hydroxyl groups is 1. The van der Waals surface area contributed by atoms with E-state index < -0.39 is 0 Å². The number of unbranched alkanes of at least 4 members (excludes halogenated alkanes) is 4. The Bertz CT molecular complexity index is 332. The highest BCUT2D eigenvalue weighted by Crippen LogP contribution is 2.26. The van der Waals surface area contributed by atoms with Crippen LogP contribution in [0.4, 0.5) is 0 Å². The monoisotopic (exact) mass is 262 g/mol. The molecule has 19 heavy (non-hydrogen) atoms. The fourth-order valence-corrected chi connectivity index (χ4v) is 2.70. The van der Waals surface area contributed by atoms with Gasteiger partial charge in [0.2, 0.25) is 0 Å². The fraction of sp³-hybridized carbons (Fsp3) is 0.667. The second-order valence-electron chi connectivity index (χ2n) is 5.69. The second-order valence-corrected chi connectivity index (χ2v) is 5.69. The molecule has 0 aliphatic carbocycles. The molecule has 0 saturated carbocycles. The fourth-order valence-electron chi connectivity index (χ4n) is 2.70. The molecule has 1 unspecified atom stereocenters. The SMILES string of the molecule is CCCCCCC(CCCC)Cc1ccccc1O. The van der Waals surface area contributed by atoms with Crippen molar-refractivity contribution in [3.05, 3.63) is 29.8 Å². The summed E-state index contributed by atoms with van der Waals surface area (Å²) in [6.45, 7) is 4.52. The van der Waals surface area contributed by atoms with E-state index in [2.05, 4.69) is 19.9 Å². The van der Waals surface area contributed by atoms with E-state index in [0.29, 0.717) is 5.75 Å². The Labute approximate surface area is 119 Å². The smallest absolute Gasteiger partial charge is 0.118 e. The van der Waals surface area contributed by atoms with Crippen molar-refractivity contribution in [1.82, 2.24) is 0 Å². The average molecular weight is 262 g/mol. The van der Waals surface area contributed by atoms with E-state index in [9.17, 15) is 5.11 Å². The predicted octanol–water partition coefficient (Wildman–Crippen LogP) is 5.71. The van der Waals surface area contributed by atoms with Crippen LogP contribution in [0.25, 0.3) is 0 Å². The van der Waals surface area contributed by atoms with Gasteiger partial charge < -0.3 is 5.11 Å². The Morgan fingerprint density at radius 1 is 0.895 bits per heavy atom. The van der Waals surface area contributed by atoms with Crippen molar-refractivity contribution < 1.29 is 5.11 Å². The Morgan fingerprint density at radius 3 is 2.26 bits per heavy atom. The Kier molecular flexibility index (Phi) is 8.36. The Morgan fingerprint density at radius 2 is 1.58 bits per heavy atom. The summed E-state index contributed by atoms with van der Waals surface area (Å²) in [7, 11) is 0. The number of benzene rings is 1. The molecule has 0 aliphatic heterocycles. The van der Waals surface area contributed by atoms with Gasteiger partial charge in [0, 0.05) is 0 Å². The van der Waals surface area contributed by atoms with Crippen LogP contribution in [-0.4, -0.2) is 5.11 Å². The van der Waals surface area contributed by atoms with Crippen LogP contribution < -0.4 is 0 Å². The Hall–Kier alpha value is -0.980. The number of phenols is 1. The zero-order chi connectivity index (χ0) is 13.9. The number of hydrogen-bond acceptors (Lipinski definition) is 1. The average Bonchev–Trinajstić information content (AvgIpc) is 2.43. The minimum atomic E-state index is 0.470. The zero-order valence-corrected chi connectivity index (χ0v) is 12.7. The van der Waals surface area contributed by atoms with Gasteiger partial charge in [-0.25, -0.2) is 0 Å². The largest absolute Gasteiger partial charge is 0.508 e. The van der Waals surface area contributed by atoms with Crippen molar-refractivity contribution in [3.8, 4) is 5.75 Å². The molecule has 0 saturated heterocycles. The van der Waals surface area contributed by atoms with Gasteiger partial charge >= 0.3 is 0 Å². The molecule has 0 amide bonds. The first-order valence-corrected chi connectivity index (χ1v) is 8.04. The van der Waals surface area contributed by atoms with E-state index in [-0.39, 0.29) is 0 Å². The van der Waals surface area contributed by atoms with Crippen molar-refractivity contribution in [3.63, 3.8) is 0 Å². The summed E-state index contributed by atoms with van der Waals surface area (Å²) in [6, 6.07) is 7.81. The molecule has 0 radical (unpaired) electrons. The third-order valence-electron chi connectivity index (χ3n) is 3.93. The third kappa shape index (κ3) is 6.66. The highest BCUT2D eigenvalue weighted by atomic mass is 16.3. The molecule has 1 nitrogen and oxygen atoms in total. The van der Waals surface area contributed by atoms with Crippen LogP contribution >= 0.6 is 0 Å². The maximum atomic E-state index is 9.89. The lowest BCUT2D eigenvalue weighted by Crippen LogP contribution is -2.05. The lowest BCUT2D eigenvalue weighted by molar-refractivity contribution is 0.399. The maximum Gasteiger partial charge on any atom is 0.118 e. The van der Waals surface area contributed by atoms with Gasteiger partial charge in [0.1, 0.15) is 5.75 Å². The lowest BCUT2D eigenvalue weighted by Gasteiger charge is -2.17. The van der Waals surface area contributed by atoms with E-state index in [4.69, 9.17) is 0 Å². The van der Waals surface area contributed by atoms with Crippen LogP contribution in [0.15, 0.2) is 24.3 Å². The molecule has 0 bridgehead atoms. The molecule has 0 heterocycles. The molecule has 1 heteroatoms. The summed E-state index contributed by atoms with van der Waals surface area (Å²) in [5.41, 5.74) is 1.12. The standard InChI is InChI=1S/C18H30O/c1-3-5-7-8-12-16(11-6-4-2)15-17-13-9-10-14-18(17)19/h9-10,13-14,16,19H,3-8,11-12,15H2,1-2H3. The van der Waals surface area contributed by atoms with Gasteiger partial charge in [-0.05, 0) is 24.0 Å². The summed E-state index contributed by atoms with van der Waals surface area (Å²) in [5.74, 6) is 1.21. The minimum absolute atomic E-state index is 0.470. The number of hydrogen-bond donors (Lipinski definition) is 1. The van der Waals surface area contributed by atoms with Gasteiger partial charge in [-0.1, -0.05) is 83.4 Å². The van der Waals surface area contributed by atoms with Crippen LogP contribution in [-0.2, 0) is 6.42 Å². The van der Waals surface area contributed by atoms with Crippen LogP contribution in [0, 0.1) is 5.92 Å². The third-order valence-corrected chi connectivity index (χ3v) is 3.93. The molecule has 0 spiro atoms. The Balaban J connectivity index is 2.46. The zero-order valence-electron chi connectivity index (χ0n) is 12.7.